The van der Waals surface area contributed by atoms with Crippen molar-refractivity contribution < 1.29 is 20.1 Å². The molecule has 6 nitrogen and oxygen atoms in total. The van der Waals surface area contributed by atoms with Crippen LogP contribution in [0.1, 0.15) is 22.3 Å². The molecule has 0 saturated carbocycles. The highest BCUT2D eigenvalue weighted by Crippen LogP contribution is 2.17. The summed E-state index contributed by atoms with van der Waals surface area (Å²) < 4.78 is 0. The molecule has 28 heavy (non-hydrogen) atoms. The van der Waals surface area contributed by atoms with E-state index in [0.29, 0.717) is 22.9 Å². The van der Waals surface area contributed by atoms with Crippen LogP contribution < -0.4 is 20.1 Å². The Hall–Kier alpha value is -2.90. The lowest BCUT2D eigenvalue weighted by Crippen LogP contribution is -3.04. The smallest absolute Gasteiger partial charge is 0.191 e. The van der Waals surface area contributed by atoms with Gasteiger partial charge in [0.2, 0.25) is 0 Å². The van der Waals surface area contributed by atoms with Gasteiger partial charge in [0.25, 0.3) is 0 Å². The Labute approximate surface area is 164 Å². The fourth-order valence-electron chi connectivity index (χ4n) is 2.64. The summed E-state index contributed by atoms with van der Waals surface area (Å²) in [4.78, 5) is 10.8. The van der Waals surface area contributed by atoms with E-state index in [-0.39, 0.29) is 0 Å². The lowest BCUT2D eigenvalue weighted by molar-refractivity contribution is -0.963. The molecule has 0 aromatic heterocycles. The Morgan fingerprint density at radius 1 is 0.536 bits per heavy atom. The molecule has 3 rings (SSSR count). The molecular formula is C22H24N2O4. The molecule has 0 spiro atoms. The average molecular weight is 380 g/mol. The summed E-state index contributed by atoms with van der Waals surface area (Å²) in [5.74, 6) is 0.767. The van der Waals surface area contributed by atoms with Crippen LogP contribution in [0.2, 0.25) is 0 Å². The van der Waals surface area contributed by atoms with Crippen molar-refractivity contribution >= 4 is 11.4 Å². The highest BCUT2D eigenvalue weighted by molar-refractivity contribution is 5.39. The van der Waals surface area contributed by atoms with Gasteiger partial charge in [0.05, 0.1) is 0 Å². The molecule has 0 saturated heterocycles. The number of nitrogens with one attached hydrogen (secondary N) is 2. The summed E-state index contributed by atoms with van der Waals surface area (Å²) in [6.07, 6.45) is 0. The minimum atomic E-state index is -0.428. The van der Waals surface area contributed by atoms with Crippen molar-refractivity contribution in [2.45, 2.75) is 27.7 Å². The van der Waals surface area contributed by atoms with Gasteiger partial charge in [-0.05, 0) is 74.2 Å². The van der Waals surface area contributed by atoms with E-state index in [0.717, 1.165) is 22.3 Å². The first-order chi connectivity index (χ1) is 13.3. The molecule has 2 N–H and O–H groups in total. The van der Waals surface area contributed by atoms with Crippen molar-refractivity contribution in [1.82, 2.24) is 0 Å². The van der Waals surface area contributed by atoms with Crippen LogP contribution in [0, 0.1) is 38.1 Å². The minimum absolute atomic E-state index is 0.384. The van der Waals surface area contributed by atoms with Gasteiger partial charge in [-0.15, -0.1) is 10.5 Å². The van der Waals surface area contributed by atoms with Crippen molar-refractivity contribution in [3.8, 4) is 11.5 Å². The molecule has 0 aliphatic carbocycles. The van der Waals surface area contributed by atoms with Crippen molar-refractivity contribution in [2.24, 2.45) is 0 Å². The van der Waals surface area contributed by atoms with Gasteiger partial charge >= 0.3 is 0 Å². The van der Waals surface area contributed by atoms with Gasteiger partial charge in [-0.25, -0.2) is 0 Å². The van der Waals surface area contributed by atoms with E-state index in [2.05, 4.69) is 0 Å². The van der Waals surface area contributed by atoms with Crippen LogP contribution in [-0.4, -0.2) is 0 Å². The molecule has 0 aliphatic rings. The highest BCUT2D eigenvalue weighted by Gasteiger charge is 2.10. The quantitative estimate of drug-likeness (QED) is 0.645. The third-order valence-corrected chi connectivity index (χ3v) is 4.73. The summed E-state index contributed by atoms with van der Waals surface area (Å²) >= 11 is 0. The zero-order valence-corrected chi connectivity index (χ0v) is 16.4. The van der Waals surface area contributed by atoms with E-state index in [9.17, 15) is 10.4 Å². The number of rotatable bonds is 6. The Balaban J connectivity index is 1.64. The fourth-order valence-corrected chi connectivity index (χ4v) is 2.64. The van der Waals surface area contributed by atoms with Crippen molar-refractivity contribution in [3.63, 3.8) is 0 Å². The van der Waals surface area contributed by atoms with Crippen molar-refractivity contribution in [2.75, 3.05) is 0 Å². The maximum absolute atomic E-state index is 12.3. The maximum atomic E-state index is 12.3. The van der Waals surface area contributed by atoms with Gasteiger partial charge in [-0.3, -0.25) is 0 Å². The SMILES string of the molecule is Cc1ccc([NH+]([O-])Oc2ccc(O[NH+]([O-])c3ccc(C)c(C)c3)cc2)cc1C. The van der Waals surface area contributed by atoms with E-state index in [1.54, 1.807) is 48.5 Å². The molecule has 6 heteroatoms. The van der Waals surface area contributed by atoms with Gasteiger partial charge in [-0.2, -0.15) is 0 Å². The third kappa shape index (κ3) is 4.68. The lowest BCUT2D eigenvalue weighted by atomic mass is 10.1. The van der Waals surface area contributed by atoms with Crippen molar-refractivity contribution in [3.05, 3.63) is 93.3 Å². The maximum Gasteiger partial charge on any atom is 0.191 e. The molecular weight excluding hydrogens is 356 g/mol. The van der Waals surface area contributed by atoms with Crippen LogP contribution in [0.3, 0.4) is 0 Å². The first kappa shape index (κ1) is 19.9. The topological polar surface area (TPSA) is 73.5 Å². The van der Waals surface area contributed by atoms with E-state index >= 15 is 0 Å². The zero-order valence-electron chi connectivity index (χ0n) is 16.4. The first-order valence-electron chi connectivity index (χ1n) is 9.02. The van der Waals surface area contributed by atoms with E-state index in [1.807, 2.05) is 39.8 Å². The van der Waals surface area contributed by atoms with Gasteiger partial charge < -0.3 is 20.1 Å². The van der Waals surface area contributed by atoms with E-state index in [1.165, 1.54) is 0 Å². The predicted molar refractivity (Wildman–Crippen MR) is 108 cm³/mol. The normalized spacial score (nSPS) is 13.1. The van der Waals surface area contributed by atoms with Crippen LogP contribution in [0.5, 0.6) is 11.5 Å². The summed E-state index contributed by atoms with van der Waals surface area (Å²) in [7, 11) is 0. The molecule has 0 heterocycles. The molecule has 3 aromatic rings. The lowest BCUT2D eigenvalue weighted by Gasteiger charge is -2.22. The summed E-state index contributed by atoms with van der Waals surface area (Å²) in [5, 5.41) is 23.7. The van der Waals surface area contributed by atoms with Gasteiger partial charge in [0, 0.05) is 24.3 Å². The molecule has 0 amide bonds. The van der Waals surface area contributed by atoms with Crippen LogP contribution in [-0.2, 0) is 0 Å². The molecule has 0 bridgehead atoms. The minimum Gasteiger partial charge on any atom is -0.585 e. The Bertz CT molecular complexity index is 879. The molecule has 0 radical (unpaired) electrons. The van der Waals surface area contributed by atoms with Crippen molar-refractivity contribution in [1.29, 1.82) is 0 Å². The Morgan fingerprint density at radius 2 is 0.893 bits per heavy atom. The van der Waals surface area contributed by atoms with Crippen LogP contribution in [0.25, 0.3) is 0 Å². The van der Waals surface area contributed by atoms with E-state index in [4.69, 9.17) is 9.68 Å². The molecule has 0 fully saturated rings. The average Bonchev–Trinajstić information content (AvgIpc) is 2.67. The molecule has 146 valence electrons. The standard InChI is InChI=1S/C22H24N2O4/c1-15-5-7-19(13-17(15)3)23(25)27-21-9-11-22(12-10-21)28-24(26)20-8-6-16(2)18(4)14-20/h5-14,23-24H,1-4H3. The monoisotopic (exact) mass is 380 g/mol. The van der Waals surface area contributed by atoms with Gasteiger partial charge in [-0.1, -0.05) is 12.1 Å². The molecule has 0 aliphatic heterocycles. The largest absolute Gasteiger partial charge is 0.585 e. The first-order valence-corrected chi connectivity index (χ1v) is 9.02. The van der Waals surface area contributed by atoms with Crippen LogP contribution in [0.4, 0.5) is 11.4 Å². The molecule has 2 unspecified atom stereocenters. The summed E-state index contributed by atoms with van der Waals surface area (Å²) in [6, 6.07) is 17.3. The number of hydrogen-bond donors (Lipinski definition) is 2. The number of hydrogen-bond acceptors (Lipinski definition) is 4. The zero-order chi connectivity index (χ0) is 20.3. The summed E-state index contributed by atoms with van der Waals surface area (Å²) in [5.41, 5.74) is 5.28. The van der Waals surface area contributed by atoms with Gasteiger partial charge in [0.15, 0.2) is 22.9 Å². The predicted octanol–water partition coefficient (Wildman–Crippen LogP) is 2.94. The van der Waals surface area contributed by atoms with E-state index < -0.39 is 10.5 Å². The number of benzene rings is 3. The second kappa shape index (κ2) is 8.41. The van der Waals surface area contributed by atoms with Crippen LogP contribution >= 0.6 is 0 Å². The Morgan fingerprint density at radius 3 is 1.21 bits per heavy atom. The van der Waals surface area contributed by atoms with Gasteiger partial charge in [0.1, 0.15) is 0 Å². The fraction of sp³-hybridized carbons (Fsp3) is 0.182. The number of aryl methyl sites for hydroxylation is 4. The highest BCUT2D eigenvalue weighted by atomic mass is 16.9. The second-order valence-corrected chi connectivity index (χ2v) is 6.85. The van der Waals surface area contributed by atoms with Crippen LogP contribution in [0.15, 0.2) is 60.7 Å². The third-order valence-electron chi connectivity index (χ3n) is 4.73. The second-order valence-electron chi connectivity index (χ2n) is 6.85. The molecule has 2 atom stereocenters. The summed E-state index contributed by atoms with van der Waals surface area (Å²) in [6.45, 7) is 7.88. The molecule has 3 aromatic carbocycles. The number of quaternary nitrogens is 2. The Kier molecular flexibility index (Phi) is 5.96.